The summed E-state index contributed by atoms with van der Waals surface area (Å²) in [5.74, 6) is 0.00176. The van der Waals surface area contributed by atoms with Crippen molar-refractivity contribution in [1.82, 2.24) is 0 Å². The second kappa shape index (κ2) is 7.25. The largest absolute Gasteiger partial charge is 0.330 e. The smallest absolute Gasteiger partial charge is 0.232 e. The van der Waals surface area contributed by atoms with E-state index in [9.17, 15) is 13.2 Å². The molecule has 3 N–H and O–H groups in total. The summed E-state index contributed by atoms with van der Waals surface area (Å²) in [4.78, 5) is 11.7. The lowest BCUT2D eigenvalue weighted by Gasteiger charge is -2.08. The highest BCUT2D eigenvalue weighted by molar-refractivity contribution is 7.92. The molecule has 19 heavy (non-hydrogen) atoms. The van der Waals surface area contributed by atoms with Crippen LogP contribution in [-0.2, 0) is 10.0 Å². The van der Waals surface area contributed by atoms with Crippen LogP contribution in [0.25, 0.3) is 0 Å². The molecule has 0 radical (unpaired) electrons. The lowest BCUT2D eigenvalue weighted by molar-refractivity contribution is 0.0985. The maximum absolute atomic E-state index is 11.7. The van der Waals surface area contributed by atoms with Crippen molar-refractivity contribution in [3.05, 3.63) is 29.8 Å². The molecule has 0 unspecified atom stereocenters. The third kappa shape index (κ3) is 5.40. The third-order valence-corrected chi connectivity index (χ3v) is 3.97. The maximum Gasteiger partial charge on any atom is 0.232 e. The van der Waals surface area contributed by atoms with E-state index in [4.69, 9.17) is 5.73 Å². The van der Waals surface area contributed by atoms with Gasteiger partial charge in [0.2, 0.25) is 10.0 Å². The number of hydrogen-bond donors (Lipinski definition) is 2. The molecule has 0 fully saturated rings. The molecule has 0 aliphatic rings. The van der Waals surface area contributed by atoms with Crippen LogP contribution in [-0.4, -0.2) is 26.5 Å². The molecule has 0 aromatic heterocycles. The monoisotopic (exact) mass is 284 g/mol. The summed E-state index contributed by atoms with van der Waals surface area (Å²) in [6, 6.07) is 6.48. The zero-order chi connectivity index (χ0) is 14.3. The molecule has 0 saturated carbocycles. The van der Waals surface area contributed by atoms with Crippen molar-refractivity contribution < 1.29 is 13.2 Å². The maximum atomic E-state index is 11.7. The summed E-state index contributed by atoms with van der Waals surface area (Å²) in [6.45, 7) is 2.22. The normalized spacial score (nSPS) is 11.3. The van der Waals surface area contributed by atoms with E-state index >= 15 is 0 Å². The van der Waals surface area contributed by atoms with Gasteiger partial charge in [-0.1, -0.05) is 25.5 Å². The first-order valence-electron chi connectivity index (χ1n) is 6.32. The predicted molar refractivity (Wildman–Crippen MR) is 76.8 cm³/mol. The van der Waals surface area contributed by atoms with Gasteiger partial charge in [0.1, 0.15) is 0 Å². The number of rotatable bonds is 8. The predicted octanol–water partition coefficient (Wildman–Crippen LogP) is 1.76. The van der Waals surface area contributed by atoms with Gasteiger partial charge >= 0.3 is 0 Å². The SMILES string of the molecule is CCCCS(=O)(=O)Nc1cccc(C(=O)CCN)c1. The molecule has 0 aliphatic carbocycles. The molecule has 1 aromatic carbocycles. The summed E-state index contributed by atoms with van der Waals surface area (Å²) < 4.78 is 26.0. The van der Waals surface area contributed by atoms with Gasteiger partial charge < -0.3 is 5.73 Å². The van der Waals surface area contributed by atoms with E-state index in [1.165, 1.54) is 0 Å². The fraction of sp³-hybridized carbons (Fsp3) is 0.462. The Kier molecular flexibility index (Phi) is 5.98. The Labute approximate surface area is 114 Å². The average Bonchev–Trinajstić information content (AvgIpc) is 2.36. The van der Waals surface area contributed by atoms with Gasteiger partial charge in [0, 0.05) is 17.7 Å². The highest BCUT2D eigenvalue weighted by Crippen LogP contribution is 2.14. The van der Waals surface area contributed by atoms with Crippen molar-refractivity contribution in [1.29, 1.82) is 0 Å². The Morgan fingerprint density at radius 3 is 2.74 bits per heavy atom. The standard InChI is InChI=1S/C13H20N2O3S/c1-2-3-9-19(17,18)15-12-6-4-5-11(10-12)13(16)7-8-14/h4-6,10,15H,2-3,7-9,14H2,1H3. The van der Waals surface area contributed by atoms with Crippen LogP contribution in [0.5, 0.6) is 0 Å². The first-order chi connectivity index (χ1) is 8.98. The van der Waals surface area contributed by atoms with Crippen molar-refractivity contribution in [2.75, 3.05) is 17.0 Å². The molecule has 0 bridgehead atoms. The zero-order valence-electron chi connectivity index (χ0n) is 11.1. The van der Waals surface area contributed by atoms with Crippen molar-refractivity contribution in [2.24, 2.45) is 5.73 Å². The Balaban J connectivity index is 2.80. The van der Waals surface area contributed by atoms with Gasteiger partial charge in [-0.15, -0.1) is 0 Å². The minimum atomic E-state index is -3.34. The molecule has 6 heteroatoms. The lowest BCUT2D eigenvalue weighted by Crippen LogP contribution is -2.17. The number of carbonyl (C=O) groups excluding carboxylic acids is 1. The third-order valence-electron chi connectivity index (χ3n) is 2.60. The van der Waals surface area contributed by atoms with Crippen LogP contribution < -0.4 is 10.5 Å². The number of hydrogen-bond acceptors (Lipinski definition) is 4. The molecule has 0 saturated heterocycles. The summed E-state index contributed by atoms with van der Waals surface area (Å²) in [6.07, 6.45) is 1.68. The number of carbonyl (C=O) groups is 1. The highest BCUT2D eigenvalue weighted by atomic mass is 32.2. The number of unbranched alkanes of at least 4 members (excludes halogenated alkanes) is 1. The van der Waals surface area contributed by atoms with Gasteiger partial charge in [-0.05, 0) is 25.1 Å². The lowest BCUT2D eigenvalue weighted by atomic mass is 10.1. The summed E-state index contributed by atoms with van der Waals surface area (Å²) in [5, 5.41) is 0. The van der Waals surface area contributed by atoms with Crippen molar-refractivity contribution in [3.63, 3.8) is 0 Å². The van der Waals surface area contributed by atoms with Crippen LogP contribution in [0.2, 0.25) is 0 Å². The van der Waals surface area contributed by atoms with Crippen LogP contribution in [0.4, 0.5) is 5.69 Å². The molecule has 0 amide bonds. The first-order valence-corrected chi connectivity index (χ1v) is 7.97. The average molecular weight is 284 g/mol. The minimum Gasteiger partial charge on any atom is -0.330 e. The Morgan fingerprint density at radius 1 is 1.37 bits per heavy atom. The van der Waals surface area contributed by atoms with Crippen LogP contribution >= 0.6 is 0 Å². The fourth-order valence-electron chi connectivity index (χ4n) is 1.60. The molecule has 0 atom stereocenters. The van der Waals surface area contributed by atoms with Crippen molar-refractivity contribution in [3.8, 4) is 0 Å². The molecule has 0 spiro atoms. The van der Waals surface area contributed by atoms with Gasteiger partial charge in [0.05, 0.1) is 5.75 Å². The number of nitrogens with two attached hydrogens (primary N) is 1. The first kappa shape index (κ1) is 15.7. The second-order valence-electron chi connectivity index (χ2n) is 4.32. The van der Waals surface area contributed by atoms with Gasteiger partial charge in [-0.2, -0.15) is 0 Å². The molecule has 0 heterocycles. The number of Topliss-reactive ketones (excluding diaryl/α,β-unsaturated/α-hetero) is 1. The van der Waals surface area contributed by atoms with E-state index in [1.54, 1.807) is 24.3 Å². The zero-order valence-corrected chi connectivity index (χ0v) is 11.9. The molecule has 1 aromatic rings. The highest BCUT2D eigenvalue weighted by Gasteiger charge is 2.11. The summed E-state index contributed by atoms with van der Waals surface area (Å²) >= 11 is 0. The topological polar surface area (TPSA) is 89.3 Å². The number of nitrogens with one attached hydrogen (secondary N) is 1. The molecular weight excluding hydrogens is 264 g/mol. The van der Waals surface area contributed by atoms with Crippen molar-refractivity contribution >= 4 is 21.5 Å². The fourth-order valence-corrected chi connectivity index (χ4v) is 2.85. The quantitative estimate of drug-likeness (QED) is 0.712. The molecule has 106 valence electrons. The van der Waals surface area contributed by atoms with Gasteiger partial charge in [0.25, 0.3) is 0 Å². The molecule has 5 nitrogen and oxygen atoms in total. The van der Waals surface area contributed by atoms with Gasteiger partial charge in [-0.3, -0.25) is 9.52 Å². The van der Waals surface area contributed by atoms with Crippen molar-refractivity contribution in [2.45, 2.75) is 26.2 Å². The Hall–Kier alpha value is -1.40. The summed E-state index contributed by atoms with van der Waals surface area (Å²) in [7, 11) is -3.34. The van der Waals surface area contributed by atoms with Crippen LogP contribution in [0.15, 0.2) is 24.3 Å². The van der Waals surface area contributed by atoms with Crippen LogP contribution in [0.3, 0.4) is 0 Å². The van der Waals surface area contributed by atoms with E-state index in [-0.39, 0.29) is 24.5 Å². The van der Waals surface area contributed by atoms with E-state index in [0.29, 0.717) is 17.7 Å². The van der Waals surface area contributed by atoms with Crippen LogP contribution in [0.1, 0.15) is 36.5 Å². The second-order valence-corrected chi connectivity index (χ2v) is 6.16. The number of benzene rings is 1. The van der Waals surface area contributed by atoms with E-state index in [0.717, 1.165) is 6.42 Å². The Bertz CT molecular complexity index is 526. The van der Waals surface area contributed by atoms with Crippen LogP contribution in [0, 0.1) is 0 Å². The van der Waals surface area contributed by atoms with Gasteiger partial charge in [-0.25, -0.2) is 8.42 Å². The van der Waals surface area contributed by atoms with E-state index in [2.05, 4.69) is 4.72 Å². The van der Waals surface area contributed by atoms with Gasteiger partial charge in [0.15, 0.2) is 5.78 Å². The molecule has 0 aliphatic heterocycles. The Morgan fingerprint density at radius 2 is 2.11 bits per heavy atom. The molecule has 1 rings (SSSR count). The number of ketones is 1. The van der Waals surface area contributed by atoms with E-state index in [1.807, 2.05) is 6.92 Å². The molecular formula is C13H20N2O3S. The number of sulfonamides is 1. The number of anilines is 1. The summed E-state index contributed by atoms with van der Waals surface area (Å²) in [5.41, 5.74) is 6.22. The van der Waals surface area contributed by atoms with E-state index < -0.39 is 10.0 Å². The minimum absolute atomic E-state index is 0.0860.